The topological polar surface area (TPSA) is 77.0 Å². The van der Waals surface area contributed by atoms with Gasteiger partial charge in [-0.2, -0.15) is 0 Å². The Hall–Kier alpha value is -0.950. The Balaban J connectivity index is 2.45. The van der Waals surface area contributed by atoms with E-state index in [1.54, 1.807) is 17.5 Å². The smallest absolute Gasteiger partial charge is 0.128 e. The van der Waals surface area contributed by atoms with Gasteiger partial charge in [0, 0.05) is 26.5 Å². The fraction of sp³-hybridized carbons (Fsp3) is 0.182. The van der Waals surface area contributed by atoms with Gasteiger partial charge >= 0.3 is 0 Å². The molecule has 2 heterocycles. The third kappa shape index (κ3) is 2.66. The van der Waals surface area contributed by atoms with Crippen LogP contribution in [0.1, 0.15) is 22.0 Å². The van der Waals surface area contributed by atoms with Crippen LogP contribution in [0.3, 0.4) is 0 Å². The molecule has 2 aromatic rings. The number of aryl methyl sites for hydroxylation is 1. The molecule has 1 unspecified atom stereocenters. The quantitative estimate of drug-likeness (QED) is 0.600. The van der Waals surface area contributed by atoms with Gasteiger partial charge in [0.15, 0.2) is 0 Å². The maximum absolute atomic E-state index is 5.90. The lowest BCUT2D eigenvalue weighted by Crippen LogP contribution is -2.29. The van der Waals surface area contributed by atoms with E-state index in [1.165, 1.54) is 0 Å². The van der Waals surface area contributed by atoms with Crippen LogP contribution in [0.25, 0.3) is 0 Å². The van der Waals surface area contributed by atoms with Crippen molar-refractivity contribution in [3.05, 3.63) is 44.2 Å². The van der Waals surface area contributed by atoms with E-state index in [-0.39, 0.29) is 6.04 Å². The van der Waals surface area contributed by atoms with Crippen molar-refractivity contribution in [1.82, 2.24) is 10.4 Å². The van der Waals surface area contributed by atoms with Gasteiger partial charge in [0.05, 0.1) is 6.04 Å². The summed E-state index contributed by atoms with van der Waals surface area (Å²) in [6.45, 7) is 1.98. The van der Waals surface area contributed by atoms with Gasteiger partial charge < -0.3 is 5.73 Å². The van der Waals surface area contributed by atoms with Crippen molar-refractivity contribution in [2.75, 3.05) is 5.73 Å². The number of aromatic nitrogens is 1. The van der Waals surface area contributed by atoms with Crippen LogP contribution in [0.4, 0.5) is 5.82 Å². The number of nitrogen functional groups attached to an aromatic ring is 1. The highest BCUT2D eigenvalue weighted by molar-refractivity contribution is 9.10. The first-order chi connectivity index (χ1) is 8.11. The summed E-state index contributed by atoms with van der Waals surface area (Å²) in [5.41, 5.74) is 10.6. The number of hydrogen-bond acceptors (Lipinski definition) is 5. The van der Waals surface area contributed by atoms with Gasteiger partial charge in [0.25, 0.3) is 0 Å². The maximum Gasteiger partial charge on any atom is 0.128 e. The van der Waals surface area contributed by atoms with Crippen LogP contribution in [0, 0.1) is 6.92 Å². The van der Waals surface area contributed by atoms with Gasteiger partial charge in [-0.3, -0.25) is 5.84 Å². The predicted molar refractivity (Wildman–Crippen MR) is 74.6 cm³/mol. The van der Waals surface area contributed by atoms with Gasteiger partial charge in [0.2, 0.25) is 0 Å². The zero-order valence-corrected chi connectivity index (χ0v) is 11.7. The van der Waals surface area contributed by atoms with E-state index >= 15 is 0 Å². The van der Waals surface area contributed by atoms with Crippen LogP contribution >= 0.6 is 27.3 Å². The van der Waals surface area contributed by atoms with Crippen molar-refractivity contribution < 1.29 is 0 Å². The fourth-order valence-electron chi connectivity index (χ4n) is 1.64. The molecule has 0 bridgehead atoms. The highest BCUT2D eigenvalue weighted by atomic mass is 79.9. The van der Waals surface area contributed by atoms with Crippen molar-refractivity contribution in [2.24, 2.45) is 5.84 Å². The molecule has 6 heteroatoms. The molecule has 0 fully saturated rings. The van der Waals surface area contributed by atoms with Gasteiger partial charge in [0.1, 0.15) is 5.82 Å². The Morgan fingerprint density at radius 3 is 2.82 bits per heavy atom. The molecule has 0 aliphatic rings. The molecule has 2 aromatic heterocycles. The molecule has 0 aliphatic heterocycles. The Morgan fingerprint density at radius 1 is 1.47 bits per heavy atom. The zero-order valence-electron chi connectivity index (χ0n) is 9.27. The number of pyridine rings is 1. The first-order valence-electron chi connectivity index (χ1n) is 5.04. The standard InChI is InChI=1S/C11H13BrN4S/c1-6-2-8(11(13)15-4-6)10(16-14)9-3-7(12)5-17-9/h2-5,10,16H,14H2,1H3,(H2,13,15). The zero-order chi connectivity index (χ0) is 12.4. The lowest BCUT2D eigenvalue weighted by Gasteiger charge is -2.16. The van der Waals surface area contributed by atoms with Crippen LogP contribution in [0.2, 0.25) is 0 Å². The van der Waals surface area contributed by atoms with E-state index < -0.39 is 0 Å². The van der Waals surface area contributed by atoms with Crippen molar-refractivity contribution in [3.63, 3.8) is 0 Å². The van der Waals surface area contributed by atoms with Crippen molar-refractivity contribution in [2.45, 2.75) is 13.0 Å². The second-order valence-electron chi connectivity index (χ2n) is 3.75. The van der Waals surface area contributed by atoms with Gasteiger partial charge in [-0.15, -0.1) is 11.3 Å². The second-order valence-corrected chi connectivity index (χ2v) is 5.61. The van der Waals surface area contributed by atoms with Crippen LogP contribution in [-0.4, -0.2) is 4.98 Å². The summed E-state index contributed by atoms with van der Waals surface area (Å²) in [5, 5.41) is 2.01. The van der Waals surface area contributed by atoms with Crippen LogP contribution < -0.4 is 17.0 Å². The molecule has 0 spiro atoms. The van der Waals surface area contributed by atoms with Crippen molar-refractivity contribution >= 4 is 33.1 Å². The summed E-state index contributed by atoms with van der Waals surface area (Å²) < 4.78 is 1.04. The summed E-state index contributed by atoms with van der Waals surface area (Å²) in [6.07, 6.45) is 1.75. The molecule has 0 radical (unpaired) electrons. The van der Waals surface area contributed by atoms with E-state index in [0.717, 1.165) is 20.5 Å². The molecule has 0 saturated heterocycles. The third-order valence-corrected chi connectivity index (χ3v) is 4.19. The minimum absolute atomic E-state index is 0.126. The first kappa shape index (κ1) is 12.5. The van der Waals surface area contributed by atoms with E-state index in [0.29, 0.717) is 5.82 Å². The average Bonchev–Trinajstić information content (AvgIpc) is 2.71. The molecule has 4 nitrogen and oxygen atoms in total. The van der Waals surface area contributed by atoms with E-state index in [4.69, 9.17) is 11.6 Å². The lowest BCUT2D eigenvalue weighted by molar-refractivity contribution is 0.645. The predicted octanol–water partition coefficient (Wildman–Crippen LogP) is 2.35. The fourth-order valence-corrected chi connectivity index (χ4v) is 3.16. The van der Waals surface area contributed by atoms with E-state index in [9.17, 15) is 0 Å². The Kier molecular flexibility index (Phi) is 3.78. The van der Waals surface area contributed by atoms with Crippen molar-refractivity contribution in [3.8, 4) is 0 Å². The number of thiophene rings is 1. The maximum atomic E-state index is 5.90. The highest BCUT2D eigenvalue weighted by Gasteiger charge is 2.17. The molecule has 0 amide bonds. The SMILES string of the molecule is Cc1cnc(N)c(C(NN)c2cc(Br)cs2)c1. The minimum atomic E-state index is -0.126. The van der Waals surface area contributed by atoms with Crippen LogP contribution in [0.5, 0.6) is 0 Å². The molecule has 17 heavy (non-hydrogen) atoms. The van der Waals surface area contributed by atoms with Gasteiger partial charge in [-0.05, 0) is 40.5 Å². The normalized spacial score (nSPS) is 12.6. The Labute approximate surface area is 112 Å². The number of hydrogen-bond donors (Lipinski definition) is 3. The molecule has 1 atom stereocenters. The molecule has 90 valence electrons. The number of hydrazine groups is 1. The summed E-state index contributed by atoms with van der Waals surface area (Å²) in [4.78, 5) is 5.25. The summed E-state index contributed by atoms with van der Waals surface area (Å²) in [6, 6.07) is 3.90. The number of nitrogens with zero attached hydrogens (tertiary/aromatic N) is 1. The molecular formula is C11H13BrN4S. The highest BCUT2D eigenvalue weighted by Crippen LogP contribution is 2.31. The van der Waals surface area contributed by atoms with Gasteiger partial charge in [-0.1, -0.05) is 0 Å². The number of anilines is 1. The lowest BCUT2D eigenvalue weighted by atomic mass is 10.1. The second kappa shape index (κ2) is 5.14. The number of nitrogens with two attached hydrogens (primary N) is 2. The molecule has 5 N–H and O–H groups in total. The monoisotopic (exact) mass is 312 g/mol. The molecule has 2 rings (SSSR count). The summed E-state index contributed by atoms with van der Waals surface area (Å²) >= 11 is 5.05. The van der Waals surface area contributed by atoms with Crippen LogP contribution in [0.15, 0.2) is 28.2 Å². The molecule has 0 aliphatic carbocycles. The molecular weight excluding hydrogens is 300 g/mol. The third-order valence-electron chi connectivity index (χ3n) is 2.44. The first-order valence-corrected chi connectivity index (χ1v) is 6.71. The summed E-state index contributed by atoms with van der Waals surface area (Å²) in [5.74, 6) is 6.13. The average molecular weight is 313 g/mol. The van der Waals surface area contributed by atoms with Crippen molar-refractivity contribution in [1.29, 1.82) is 0 Å². The van der Waals surface area contributed by atoms with Crippen LogP contribution in [-0.2, 0) is 0 Å². The number of rotatable bonds is 3. The molecule has 0 saturated carbocycles. The number of nitrogens with one attached hydrogen (secondary N) is 1. The largest absolute Gasteiger partial charge is 0.383 e. The Morgan fingerprint density at radius 2 is 2.24 bits per heavy atom. The Bertz CT molecular complexity index is 526. The minimum Gasteiger partial charge on any atom is -0.383 e. The summed E-state index contributed by atoms with van der Waals surface area (Å²) in [7, 11) is 0. The van der Waals surface area contributed by atoms with Gasteiger partial charge in [-0.25, -0.2) is 10.4 Å². The number of halogens is 1. The van der Waals surface area contributed by atoms with E-state index in [1.807, 2.05) is 24.4 Å². The van der Waals surface area contributed by atoms with E-state index in [2.05, 4.69) is 26.3 Å². The molecule has 0 aromatic carbocycles.